The lowest BCUT2D eigenvalue weighted by molar-refractivity contribution is -0.122. The van der Waals surface area contributed by atoms with Crippen LogP contribution in [0.1, 0.15) is 13.8 Å². The van der Waals surface area contributed by atoms with E-state index in [1.165, 1.54) is 0 Å². The summed E-state index contributed by atoms with van der Waals surface area (Å²) in [6.45, 7) is 2.65. The minimum absolute atomic E-state index is 0.346. The van der Waals surface area contributed by atoms with E-state index in [0.29, 0.717) is 0 Å². The van der Waals surface area contributed by atoms with Crippen LogP contribution in [0, 0.1) is 0 Å². The van der Waals surface area contributed by atoms with Crippen molar-refractivity contribution in [1.29, 1.82) is 0 Å². The van der Waals surface area contributed by atoms with Crippen molar-refractivity contribution in [3.8, 4) is 0 Å². The van der Waals surface area contributed by atoms with Gasteiger partial charge in [-0.15, -0.1) is 0 Å². The Morgan fingerprint density at radius 3 is 2.33 bits per heavy atom. The van der Waals surface area contributed by atoms with E-state index in [4.69, 9.17) is 0 Å². The van der Waals surface area contributed by atoms with Crippen LogP contribution in [0.15, 0.2) is 0 Å². The third kappa shape index (κ3) is 6.01. The van der Waals surface area contributed by atoms with Crippen molar-refractivity contribution in [2.24, 2.45) is 0 Å². The second-order valence-electron chi connectivity index (χ2n) is 2.15. The molecule has 1 N–H and O–H groups in total. The molecule has 54 valence electrons. The summed E-state index contributed by atoms with van der Waals surface area (Å²) in [6.07, 6.45) is 0. The van der Waals surface area contributed by atoms with Gasteiger partial charge in [0.25, 0.3) is 5.91 Å². The zero-order valence-electron chi connectivity index (χ0n) is 5.37. The normalized spacial score (nSPS) is 11.1. The Balaban J connectivity index is 3.60. The zero-order chi connectivity index (χ0) is 7.49. The third-order valence-corrected chi connectivity index (χ3v) is 0.828. The quantitative estimate of drug-likeness (QED) is 0.442. The summed E-state index contributed by atoms with van der Waals surface area (Å²) >= 11 is 2.02. The highest BCUT2D eigenvalue weighted by Gasteiger charge is 2.14. The second-order valence-corrected chi connectivity index (χ2v) is 4.85. The first-order chi connectivity index (χ1) is 3.95. The molecule has 0 aromatic rings. The molecule has 0 aliphatic rings. The maximum atomic E-state index is 11.5. The summed E-state index contributed by atoms with van der Waals surface area (Å²) in [5.74, 6) is -0.561. The van der Waals surface area contributed by atoms with E-state index in [9.17, 15) is 9.18 Å². The van der Waals surface area contributed by atoms with E-state index in [-0.39, 0.29) is 3.55 Å². The van der Waals surface area contributed by atoms with Gasteiger partial charge in [-0.2, -0.15) is 0 Å². The Morgan fingerprint density at radius 2 is 2.22 bits per heavy atom. The summed E-state index contributed by atoms with van der Waals surface area (Å²) < 4.78 is 11.2. The van der Waals surface area contributed by atoms with Crippen LogP contribution in [-0.4, -0.2) is 16.1 Å². The monoisotopic (exact) mass is 245 g/mol. The second kappa shape index (κ2) is 3.34. The molecule has 0 saturated carbocycles. The van der Waals surface area contributed by atoms with Gasteiger partial charge in [-0.05, 0) is 13.8 Å². The van der Waals surface area contributed by atoms with Crippen LogP contribution < -0.4 is 5.32 Å². The number of halogens is 2. The number of carbonyl (C=O) groups excluding carboxylic acids is 1. The first-order valence-electron chi connectivity index (χ1n) is 2.51. The van der Waals surface area contributed by atoms with Gasteiger partial charge in [0.15, 0.2) is 6.67 Å². The lowest BCUT2D eigenvalue weighted by atomic mass is 10.4. The first-order valence-corrected chi connectivity index (χ1v) is 3.59. The molecule has 0 bridgehead atoms. The number of hydrogen-bond donors (Lipinski definition) is 1. The zero-order valence-corrected chi connectivity index (χ0v) is 7.53. The Morgan fingerprint density at radius 1 is 1.78 bits per heavy atom. The minimum Gasteiger partial charge on any atom is -0.340 e. The number of rotatable bonds is 2. The van der Waals surface area contributed by atoms with Gasteiger partial charge in [0, 0.05) is 0 Å². The Hall–Kier alpha value is 0.130. The Bertz CT molecular complexity index is 110. The van der Waals surface area contributed by atoms with Crippen LogP contribution in [0.25, 0.3) is 0 Å². The SMILES string of the molecule is CC(C)(I)NC(=O)CF. The average molecular weight is 245 g/mol. The van der Waals surface area contributed by atoms with Gasteiger partial charge in [-0.25, -0.2) is 4.39 Å². The van der Waals surface area contributed by atoms with E-state index in [1.54, 1.807) is 13.8 Å². The van der Waals surface area contributed by atoms with E-state index in [2.05, 4.69) is 5.32 Å². The molecule has 0 aromatic carbocycles. The number of alkyl halides is 2. The highest BCUT2D eigenvalue weighted by atomic mass is 127. The highest BCUT2D eigenvalue weighted by Crippen LogP contribution is 2.10. The molecule has 0 atom stereocenters. The van der Waals surface area contributed by atoms with Crippen LogP contribution in [0.4, 0.5) is 4.39 Å². The molecule has 4 heteroatoms. The average Bonchev–Trinajstić information content (AvgIpc) is 1.62. The Labute approximate surface area is 67.3 Å². The lowest BCUT2D eigenvalue weighted by Crippen LogP contribution is -2.38. The van der Waals surface area contributed by atoms with Crippen LogP contribution in [0.3, 0.4) is 0 Å². The van der Waals surface area contributed by atoms with Crippen LogP contribution >= 0.6 is 22.6 Å². The molecule has 0 rings (SSSR count). The van der Waals surface area contributed by atoms with Crippen LogP contribution in [-0.2, 0) is 4.79 Å². The van der Waals surface area contributed by atoms with Crippen molar-refractivity contribution in [3.63, 3.8) is 0 Å². The first kappa shape index (κ1) is 9.13. The van der Waals surface area contributed by atoms with Gasteiger partial charge in [-0.3, -0.25) is 4.79 Å². The van der Waals surface area contributed by atoms with Gasteiger partial charge in [0.05, 0.1) is 3.55 Å². The standard InChI is InChI=1S/C5H9FINO/c1-5(2,7)8-4(9)3-6/h3H2,1-2H3,(H,8,9). The molecule has 0 unspecified atom stereocenters. The fourth-order valence-electron chi connectivity index (χ4n) is 0.365. The fraction of sp³-hybridized carbons (Fsp3) is 0.800. The maximum absolute atomic E-state index is 11.5. The number of carbonyl (C=O) groups is 1. The van der Waals surface area contributed by atoms with Crippen LogP contribution in [0.5, 0.6) is 0 Å². The topological polar surface area (TPSA) is 29.1 Å². The van der Waals surface area contributed by atoms with Gasteiger partial charge < -0.3 is 5.32 Å². The van der Waals surface area contributed by atoms with Crippen molar-refractivity contribution in [3.05, 3.63) is 0 Å². The van der Waals surface area contributed by atoms with E-state index < -0.39 is 12.6 Å². The molecule has 0 heterocycles. The largest absolute Gasteiger partial charge is 0.340 e. The molecule has 1 amide bonds. The summed E-state index contributed by atoms with van der Waals surface area (Å²) in [7, 11) is 0. The molecule has 0 aliphatic carbocycles. The van der Waals surface area contributed by atoms with Crippen molar-refractivity contribution >= 4 is 28.5 Å². The number of nitrogens with one attached hydrogen (secondary N) is 1. The fourth-order valence-corrected chi connectivity index (χ4v) is 0.666. The van der Waals surface area contributed by atoms with Crippen molar-refractivity contribution in [2.75, 3.05) is 6.67 Å². The highest BCUT2D eigenvalue weighted by molar-refractivity contribution is 14.1. The van der Waals surface area contributed by atoms with E-state index in [0.717, 1.165) is 0 Å². The van der Waals surface area contributed by atoms with Crippen molar-refractivity contribution < 1.29 is 9.18 Å². The maximum Gasteiger partial charge on any atom is 0.252 e. The summed E-state index contributed by atoms with van der Waals surface area (Å²) in [4.78, 5) is 10.3. The predicted molar refractivity (Wildman–Crippen MR) is 42.2 cm³/mol. The molecular formula is C5H9FINO. The van der Waals surface area contributed by atoms with Crippen molar-refractivity contribution in [2.45, 2.75) is 17.4 Å². The Kier molecular flexibility index (Phi) is 3.38. The minimum atomic E-state index is -0.938. The van der Waals surface area contributed by atoms with E-state index >= 15 is 0 Å². The summed E-state index contributed by atoms with van der Waals surface area (Å²) in [5, 5.41) is 2.44. The third-order valence-electron chi connectivity index (χ3n) is 0.558. The molecule has 0 aliphatic heterocycles. The van der Waals surface area contributed by atoms with Gasteiger partial charge in [0.2, 0.25) is 0 Å². The smallest absolute Gasteiger partial charge is 0.252 e. The van der Waals surface area contributed by atoms with E-state index in [1.807, 2.05) is 22.6 Å². The number of hydrogen-bond acceptors (Lipinski definition) is 1. The summed E-state index contributed by atoms with van der Waals surface area (Å²) in [6, 6.07) is 0. The number of amides is 1. The molecule has 0 fully saturated rings. The van der Waals surface area contributed by atoms with Crippen molar-refractivity contribution in [1.82, 2.24) is 5.32 Å². The van der Waals surface area contributed by atoms with Gasteiger partial charge >= 0.3 is 0 Å². The summed E-state index contributed by atoms with van der Waals surface area (Å²) in [5.41, 5.74) is 0. The molecular weight excluding hydrogens is 236 g/mol. The van der Waals surface area contributed by atoms with Crippen LogP contribution in [0.2, 0.25) is 0 Å². The molecule has 0 spiro atoms. The molecule has 0 radical (unpaired) electrons. The molecule has 2 nitrogen and oxygen atoms in total. The van der Waals surface area contributed by atoms with Gasteiger partial charge in [-0.1, -0.05) is 22.6 Å². The lowest BCUT2D eigenvalue weighted by Gasteiger charge is -2.16. The van der Waals surface area contributed by atoms with Gasteiger partial charge in [0.1, 0.15) is 0 Å². The molecule has 0 saturated heterocycles. The predicted octanol–water partition coefficient (Wildman–Crippen LogP) is 1.24. The molecule has 9 heavy (non-hydrogen) atoms. The molecule has 0 aromatic heterocycles.